The number of hydrogen-bond acceptors (Lipinski definition) is 3. The zero-order chi connectivity index (χ0) is 17.2. The zero-order valence-electron chi connectivity index (χ0n) is 12.2. The van der Waals surface area contributed by atoms with Crippen LogP contribution in [0.25, 0.3) is 0 Å². The Balaban J connectivity index is 3.33. The molecule has 1 N–H and O–H groups in total. The van der Waals surface area contributed by atoms with Crippen molar-refractivity contribution in [1.29, 1.82) is 0 Å². The average molecular weight is 400 g/mol. The van der Waals surface area contributed by atoms with Crippen LogP contribution in [0, 0.1) is 17.6 Å². The Bertz CT molecular complexity index is 679. The minimum Gasteiger partial charge on any atom is -0.480 e. The number of rotatable bonds is 6. The predicted octanol–water partition coefficient (Wildman–Crippen LogP) is 2.85. The van der Waals surface area contributed by atoms with Crippen molar-refractivity contribution in [2.45, 2.75) is 31.2 Å². The average Bonchev–Trinajstić information content (AvgIpc) is 2.38. The van der Waals surface area contributed by atoms with Crippen molar-refractivity contribution < 1.29 is 27.1 Å². The summed E-state index contributed by atoms with van der Waals surface area (Å²) in [4.78, 5) is 10.5. The number of likely N-dealkylation sites (N-methyl/N-ethyl adjacent to an activating group) is 1. The van der Waals surface area contributed by atoms with Crippen molar-refractivity contribution in [3.05, 3.63) is 28.2 Å². The molecule has 22 heavy (non-hydrogen) atoms. The van der Waals surface area contributed by atoms with Gasteiger partial charge in [-0.25, -0.2) is 17.2 Å². The molecule has 1 rings (SSSR count). The molecule has 0 heterocycles. The molecule has 1 atom stereocenters. The predicted molar refractivity (Wildman–Crippen MR) is 79.9 cm³/mol. The standard InChI is InChI=1S/C13H16BrF2NO4S/c1-7(2)4-11(13(18)19)17(3)22(20,21)12-5-8(14)9(15)6-10(12)16/h5-7,11H,4H2,1-3H3,(H,18,19)/t11-/m1/s1. The van der Waals surface area contributed by atoms with Crippen LogP contribution >= 0.6 is 15.9 Å². The lowest BCUT2D eigenvalue weighted by Gasteiger charge is -2.25. The molecule has 0 saturated heterocycles. The van der Waals surface area contributed by atoms with E-state index in [1.807, 2.05) is 0 Å². The first-order valence-corrected chi connectivity index (χ1v) is 8.57. The van der Waals surface area contributed by atoms with Gasteiger partial charge in [0.2, 0.25) is 10.0 Å². The second kappa shape index (κ2) is 7.01. The molecule has 1 aromatic carbocycles. The number of carbonyl (C=O) groups is 1. The van der Waals surface area contributed by atoms with E-state index in [0.29, 0.717) is 10.4 Å². The van der Waals surface area contributed by atoms with Crippen LogP contribution in [0.3, 0.4) is 0 Å². The van der Waals surface area contributed by atoms with Gasteiger partial charge in [-0.3, -0.25) is 4.79 Å². The number of carboxylic acids is 1. The molecule has 5 nitrogen and oxygen atoms in total. The lowest BCUT2D eigenvalue weighted by molar-refractivity contribution is -0.141. The number of nitrogens with zero attached hydrogens (tertiary/aromatic N) is 1. The van der Waals surface area contributed by atoms with Crippen molar-refractivity contribution in [3.8, 4) is 0 Å². The summed E-state index contributed by atoms with van der Waals surface area (Å²) in [5.41, 5.74) is 0. The van der Waals surface area contributed by atoms with Crippen LogP contribution in [-0.4, -0.2) is 36.9 Å². The van der Waals surface area contributed by atoms with E-state index in [2.05, 4.69) is 15.9 Å². The first kappa shape index (κ1) is 19.0. The van der Waals surface area contributed by atoms with E-state index in [1.54, 1.807) is 13.8 Å². The van der Waals surface area contributed by atoms with E-state index >= 15 is 0 Å². The molecule has 1 aromatic rings. The summed E-state index contributed by atoms with van der Waals surface area (Å²) in [6.07, 6.45) is 0.0645. The van der Waals surface area contributed by atoms with Gasteiger partial charge in [-0.05, 0) is 34.3 Å². The maximum atomic E-state index is 13.8. The summed E-state index contributed by atoms with van der Waals surface area (Å²) in [7, 11) is -3.36. The smallest absolute Gasteiger partial charge is 0.322 e. The molecule has 0 saturated carbocycles. The van der Waals surface area contributed by atoms with Crippen LogP contribution in [0.1, 0.15) is 20.3 Å². The third-order valence-electron chi connectivity index (χ3n) is 3.05. The van der Waals surface area contributed by atoms with Gasteiger partial charge in [-0.1, -0.05) is 13.8 Å². The first-order valence-electron chi connectivity index (χ1n) is 6.33. The number of hydrogen-bond donors (Lipinski definition) is 1. The van der Waals surface area contributed by atoms with E-state index in [-0.39, 0.29) is 16.8 Å². The fourth-order valence-electron chi connectivity index (χ4n) is 1.88. The highest BCUT2D eigenvalue weighted by molar-refractivity contribution is 9.10. The highest BCUT2D eigenvalue weighted by Gasteiger charge is 2.35. The lowest BCUT2D eigenvalue weighted by Crippen LogP contribution is -2.43. The number of carboxylic acid groups (broad SMARTS) is 1. The first-order chi connectivity index (χ1) is 9.98. The Morgan fingerprint density at radius 1 is 1.32 bits per heavy atom. The molecule has 0 aliphatic rings. The van der Waals surface area contributed by atoms with E-state index in [9.17, 15) is 27.1 Å². The number of aliphatic carboxylic acids is 1. The van der Waals surface area contributed by atoms with Gasteiger partial charge in [0.05, 0.1) is 4.47 Å². The quantitative estimate of drug-likeness (QED) is 0.746. The zero-order valence-corrected chi connectivity index (χ0v) is 14.6. The van der Waals surface area contributed by atoms with Gasteiger partial charge in [-0.15, -0.1) is 0 Å². The summed E-state index contributed by atoms with van der Waals surface area (Å²) in [5, 5.41) is 9.20. The van der Waals surface area contributed by atoms with Gasteiger partial charge >= 0.3 is 5.97 Å². The minimum absolute atomic E-state index is 0.0645. The van der Waals surface area contributed by atoms with Crippen LogP contribution in [0.5, 0.6) is 0 Å². The summed E-state index contributed by atoms with van der Waals surface area (Å²) >= 11 is 2.79. The summed E-state index contributed by atoms with van der Waals surface area (Å²) < 4.78 is 52.2. The van der Waals surface area contributed by atoms with Crippen LogP contribution < -0.4 is 0 Å². The summed E-state index contributed by atoms with van der Waals surface area (Å²) in [6.45, 7) is 3.48. The van der Waals surface area contributed by atoms with Crippen molar-refractivity contribution in [3.63, 3.8) is 0 Å². The molecule has 0 fully saturated rings. The van der Waals surface area contributed by atoms with Gasteiger partial charge in [0.25, 0.3) is 0 Å². The monoisotopic (exact) mass is 399 g/mol. The number of halogens is 3. The third-order valence-corrected chi connectivity index (χ3v) is 5.54. The van der Waals surface area contributed by atoms with Crippen LogP contribution in [0.4, 0.5) is 8.78 Å². The molecule has 0 spiro atoms. The molecular weight excluding hydrogens is 384 g/mol. The fourth-order valence-corrected chi connectivity index (χ4v) is 3.76. The molecule has 0 amide bonds. The highest BCUT2D eigenvalue weighted by Crippen LogP contribution is 2.27. The van der Waals surface area contributed by atoms with Gasteiger partial charge in [0, 0.05) is 13.1 Å². The molecule has 0 unspecified atom stereocenters. The molecule has 124 valence electrons. The second-order valence-electron chi connectivity index (χ2n) is 5.20. The Labute approximate surface area is 136 Å². The Morgan fingerprint density at radius 3 is 2.32 bits per heavy atom. The van der Waals surface area contributed by atoms with Crippen LogP contribution in [0.2, 0.25) is 0 Å². The van der Waals surface area contributed by atoms with Crippen molar-refractivity contribution in [2.24, 2.45) is 5.92 Å². The van der Waals surface area contributed by atoms with Crippen molar-refractivity contribution in [2.75, 3.05) is 7.05 Å². The highest BCUT2D eigenvalue weighted by atomic mass is 79.9. The normalized spacial score (nSPS) is 13.6. The molecule has 0 radical (unpaired) electrons. The van der Waals surface area contributed by atoms with Crippen molar-refractivity contribution in [1.82, 2.24) is 4.31 Å². The number of benzene rings is 1. The maximum absolute atomic E-state index is 13.8. The van der Waals surface area contributed by atoms with Crippen LogP contribution in [0.15, 0.2) is 21.5 Å². The molecule has 0 bridgehead atoms. The van der Waals surface area contributed by atoms with Gasteiger partial charge < -0.3 is 5.11 Å². The SMILES string of the molecule is CC(C)C[C@H](C(=O)O)N(C)S(=O)(=O)c1cc(Br)c(F)cc1F. The summed E-state index contributed by atoms with van der Waals surface area (Å²) in [6, 6.07) is -0.124. The van der Waals surface area contributed by atoms with E-state index in [4.69, 9.17) is 0 Å². The van der Waals surface area contributed by atoms with Gasteiger partial charge in [0.15, 0.2) is 0 Å². The van der Waals surface area contributed by atoms with Crippen molar-refractivity contribution >= 4 is 31.9 Å². The molecule has 0 aliphatic carbocycles. The van der Waals surface area contributed by atoms with E-state index in [0.717, 1.165) is 13.1 Å². The molecule has 9 heteroatoms. The van der Waals surface area contributed by atoms with Gasteiger partial charge in [0.1, 0.15) is 22.6 Å². The largest absolute Gasteiger partial charge is 0.480 e. The van der Waals surface area contributed by atoms with E-state index in [1.165, 1.54) is 0 Å². The van der Waals surface area contributed by atoms with Crippen LogP contribution in [-0.2, 0) is 14.8 Å². The lowest BCUT2D eigenvalue weighted by atomic mass is 10.0. The summed E-state index contributed by atoms with van der Waals surface area (Å²) in [5.74, 6) is -3.64. The van der Waals surface area contributed by atoms with E-state index < -0.39 is 38.6 Å². The number of sulfonamides is 1. The maximum Gasteiger partial charge on any atom is 0.322 e. The Hall–Kier alpha value is -1.06. The molecular formula is C13H16BrF2NO4S. The molecule has 0 aliphatic heterocycles. The molecule has 0 aromatic heterocycles. The second-order valence-corrected chi connectivity index (χ2v) is 8.02. The van der Waals surface area contributed by atoms with Gasteiger partial charge in [-0.2, -0.15) is 4.31 Å². The minimum atomic E-state index is -4.42. The Morgan fingerprint density at radius 2 is 1.86 bits per heavy atom. The topological polar surface area (TPSA) is 74.7 Å². The fraction of sp³-hybridized carbons (Fsp3) is 0.462. The Kier molecular flexibility index (Phi) is 6.05. The third kappa shape index (κ3) is 4.02.